The Morgan fingerprint density at radius 2 is 1.72 bits per heavy atom. The van der Waals surface area contributed by atoms with Crippen LogP contribution in [-0.2, 0) is 10.2 Å². The van der Waals surface area contributed by atoms with Crippen LogP contribution in [-0.4, -0.2) is 35.6 Å². The van der Waals surface area contributed by atoms with Crippen molar-refractivity contribution in [3.05, 3.63) is 77.4 Å². The zero-order chi connectivity index (χ0) is 25.6. The van der Waals surface area contributed by atoms with Crippen LogP contribution in [0.3, 0.4) is 0 Å². The van der Waals surface area contributed by atoms with Gasteiger partial charge < -0.3 is 15.3 Å². The summed E-state index contributed by atoms with van der Waals surface area (Å²) >= 11 is 0. The second kappa shape index (κ2) is 9.19. The van der Waals surface area contributed by atoms with Gasteiger partial charge in [-0.1, -0.05) is 31.2 Å². The molecule has 1 heterocycles. The summed E-state index contributed by atoms with van der Waals surface area (Å²) in [6.45, 7) is 4.01. The molecule has 1 aliphatic carbocycles. The van der Waals surface area contributed by atoms with Gasteiger partial charge >= 0.3 is 5.97 Å². The van der Waals surface area contributed by atoms with Gasteiger partial charge in [-0.2, -0.15) is 0 Å². The number of rotatable bonds is 5. The van der Waals surface area contributed by atoms with Crippen molar-refractivity contribution in [3.63, 3.8) is 0 Å². The van der Waals surface area contributed by atoms with Crippen molar-refractivity contribution in [1.29, 1.82) is 0 Å². The summed E-state index contributed by atoms with van der Waals surface area (Å²) < 4.78 is 28.5. The molecule has 0 radical (unpaired) electrons. The van der Waals surface area contributed by atoms with E-state index in [2.05, 4.69) is 12.2 Å². The number of fused-ring (bicyclic) bond motifs is 2. The van der Waals surface area contributed by atoms with Crippen molar-refractivity contribution in [2.75, 3.05) is 11.4 Å². The highest BCUT2D eigenvalue weighted by Gasteiger charge is 2.51. The molecule has 1 amide bonds. The van der Waals surface area contributed by atoms with Gasteiger partial charge in [0, 0.05) is 34.1 Å². The summed E-state index contributed by atoms with van der Waals surface area (Å²) in [5.41, 5.74) is 1.70. The molecule has 3 aromatic carbocycles. The van der Waals surface area contributed by atoms with Crippen molar-refractivity contribution in [2.45, 2.75) is 57.0 Å². The number of halogens is 2. The number of aliphatic carboxylic acids is 1. The average Bonchev–Trinajstić information content (AvgIpc) is 3.06. The Balaban J connectivity index is 1.33. The number of anilines is 1. The highest BCUT2D eigenvalue weighted by molar-refractivity contribution is 6.07. The van der Waals surface area contributed by atoms with Crippen molar-refractivity contribution in [2.24, 2.45) is 5.92 Å². The van der Waals surface area contributed by atoms with Crippen LogP contribution in [0.2, 0.25) is 0 Å². The number of hydrogen-bond donors (Lipinski definition) is 2. The Kier molecular flexibility index (Phi) is 6.18. The minimum absolute atomic E-state index is 0.0139. The highest BCUT2D eigenvalue weighted by atomic mass is 19.1. The number of nitrogens with one attached hydrogen (secondary N) is 1. The second-order valence-corrected chi connectivity index (χ2v) is 10.3. The van der Waals surface area contributed by atoms with Crippen LogP contribution in [0.4, 0.5) is 14.5 Å². The minimum Gasteiger partial charge on any atom is -0.480 e. The van der Waals surface area contributed by atoms with Crippen LogP contribution in [0, 0.1) is 17.6 Å². The Bertz CT molecular complexity index is 1340. The smallest absolute Gasteiger partial charge is 0.323 e. The van der Waals surface area contributed by atoms with E-state index in [1.54, 1.807) is 42.5 Å². The molecular weight excluding hydrogens is 462 g/mol. The first-order chi connectivity index (χ1) is 17.2. The predicted octanol–water partition coefficient (Wildman–Crippen LogP) is 5.66. The van der Waals surface area contributed by atoms with Crippen LogP contribution >= 0.6 is 0 Å². The molecule has 0 saturated heterocycles. The Hall–Kier alpha value is -3.48. The van der Waals surface area contributed by atoms with E-state index in [1.807, 2.05) is 11.8 Å². The number of benzene rings is 3. The number of hydrogen-bond acceptors (Lipinski definition) is 3. The molecule has 2 aliphatic rings. The molecule has 1 saturated carbocycles. The first kappa shape index (κ1) is 24.2. The number of amides is 1. The van der Waals surface area contributed by atoms with Gasteiger partial charge in [0.25, 0.3) is 5.91 Å². The summed E-state index contributed by atoms with van der Waals surface area (Å²) in [7, 11) is 0. The quantitative estimate of drug-likeness (QED) is 0.482. The van der Waals surface area contributed by atoms with E-state index in [4.69, 9.17) is 0 Å². The molecule has 36 heavy (non-hydrogen) atoms. The van der Waals surface area contributed by atoms with Crippen LogP contribution in [0.25, 0.3) is 10.8 Å². The molecule has 188 valence electrons. The SMILES string of the molecule is CC1N(CC(=O)O)c2ccc(F)cc2C1(C)C1CCC(NC(=O)c2cccc3c(F)cccc23)CC1. The van der Waals surface area contributed by atoms with Gasteiger partial charge in [0.05, 0.1) is 0 Å². The maximum Gasteiger partial charge on any atom is 0.323 e. The summed E-state index contributed by atoms with van der Waals surface area (Å²) in [5, 5.41) is 13.6. The van der Waals surface area contributed by atoms with Gasteiger partial charge in [-0.25, -0.2) is 8.78 Å². The van der Waals surface area contributed by atoms with Gasteiger partial charge in [-0.3, -0.25) is 9.59 Å². The Labute approximate surface area is 209 Å². The fourth-order valence-corrected chi connectivity index (χ4v) is 6.45. The van der Waals surface area contributed by atoms with Crippen LogP contribution in [0.1, 0.15) is 55.5 Å². The van der Waals surface area contributed by atoms with E-state index in [0.29, 0.717) is 16.3 Å². The van der Waals surface area contributed by atoms with Crippen LogP contribution < -0.4 is 10.2 Å². The number of carbonyl (C=O) groups excluding carboxylic acids is 1. The minimum atomic E-state index is -0.916. The summed E-state index contributed by atoms with van der Waals surface area (Å²) in [4.78, 5) is 26.5. The molecule has 5 nitrogen and oxygen atoms in total. The monoisotopic (exact) mass is 492 g/mol. The van der Waals surface area contributed by atoms with E-state index in [1.165, 1.54) is 12.1 Å². The lowest BCUT2D eigenvalue weighted by atomic mass is 9.63. The van der Waals surface area contributed by atoms with Crippen molar-refractivity contribution >= 4 is 28.3 Å². The second-order valence-electron chi connectivity index (χ2n) is 10.3. The lowest BCUT2D eigenvalue weighted by Crippen LogP contribution is -2.49. The van der Waals surface area contributed by atoms with Gasteiger partial charge in [-0.15, -0.1) is 0 Å². The zero-order valence-electron chi connectivity index (χ0n) is 20.4. The largest absolute Gasteiger partial charge is 0.480 e. The zero-order valence-corrected chi connectivity index (χ0v) is 20.4. The number of carbonyl (C=O) groups is 2. The molecule has 0 aromatic heterocycles. The standard InChI is InChI=1S/C29H30F2N2O3/c1-17-29(2,24-15-19(30)11-14-26(24)33(17)16-27(34)35)18-9-12-20(13-10-18)32-28(36)23-7-3-6-22-21(23)5-4-8-25(22)31/h3-8,11,14-15,17-18,20H,9-10,12-13,16H2,1-2H3,(H,32,36)(H,34,35). The molecule has 3 aromatic rings. The molecular formula is C29H30F2N2O3. The lowest BCUT2D eigenvalue weighted by molar-refractivity contribution is -0.135. The number of nitrogens with zero attached hydrogens (tertiary/aromatic N) is 1. The van der Waals surface area contributed by atoms with Crippen molar-refractivity contribution in [3.8, 4) is 0 Å². The van der Waals surface area contributed by atoms with E-state index < -0.39 is 11.4 Å². The Morgan fingerprint density at radius 3 is 2.44 bits per heavy atom. The molecule has 1 fully saturated rings. The summed E-state index contributed by atoms with van der Waals surface area (Å²) in [6, 6.07) is 14.3. The van der Waals surface area contributed by atoms with Gasteiger partial charge in [0.1, 0.15) is 18.2 Å². The van der Waals surface area contributed by atoms with E-state index in [9.17, 15) is 23.5 Å². The summed E-state index contributed by atoms with van der Waals surface area (Å²) in [6.07, 6.45) is 3.18. The van der Waals surface area contributed by atoms with Crippen molar-refractivity contribution < 1.29 is 23.5 Å². The maximum atomic E-state index is 14.3. The molecule has 0 spiro atoms. The first-order valence-corrected chi connectivity index (χ1v) is 12.5. The van der Waals surface area contributed by atoms with E-state index in [-0.39, 0.29) is 42.1 Å². The third-order valence-corrected chi connectivity index (χ3v) is 8.51. The molecule has 5 rings (SSSR count). The van der Waals surface area contributed by atoms with Crippen LogP contribution in [0.15, 0.2) is 54.6 Å². The maximum absolute atomic E-state index is 14.3. The summed E-state index contributed by atoms with van der Waals surface area (Å²) in [5.74, 6) is -1.59. The van der Waals surface area contributed by atoms with Crippen LogP contribution in [0.5, 0.6) is 0 Å². The highest BCUT2D eigenvalue weighted by Crippen LogP contribution is 2.53. The topological polar surface area (TPSA) is 69.6 Å². The molecule has 2 atom stereocenters. The van der Waals surface area contributed by atoms with Gasteiger partial charge in [0.15, 0.2) is 0 Å². The number of carboxylic acid groups (broad SMARTS) is 1. The third-order valence-electron chi connectivity index (χ3n) is 8.51. The average molecular weight is 493 g/mol. The van der Waals surface area contributed by atoms with E-state index >= 15 is 0 Å². The normalized spacial score (nSPS) is 25.6. The molecule has 2 unspecified atom stereocenters. The molecule has 0 bridgehead atoms. The fraction of sp³-hybridized carbons (Fsp3) is 0.379. The van der Waals surface area contributed by atoms with E-state index in [0.717, 1.165) is 36.9 Å². The molecule has 2 N–H and O–H groups in total. The third kappa shape index (κ3) is 4.00. The fourth-order valence-electron chi connectivity index (χ4n) is 6.45. The molecule has 7 heteroatoms. The first-order valence-electron chi connectivity index (χ1n) is 12.5. The molecule has 1 aliphatic heterocycles. The number of carboxylic acids is 1. The van der Waals surface area contributed by atoms with Gasteiger partial charge in [0.2, 0.25) is 0 Å². The van der Waals surface area contributed by atoms with Gasteiger partial charge in [-0.05, 0) is 79.8 Å². The van der Waals surface area contributed by atoms with Crippen molar-refractivity contribution in [1.82, 2.24) is 5.32 Å². The lowest BCUT2D eigenvalue weighted by Gasteiger charge is -2.43. The Morgan fingerprint density at radius 1 is 1.03 bits per heavy atom. The predicted molar refractivity (Wildman–Crippen MR) is 135 cm³/mol.